The van der Waals surface area contributed by atoms with Crippen molar-refractivity contribution in [3.8, 4) is 0 Å². The largest absolute Gasteiger partial charge is 0.354 e. The number of carbonyl (C=O) groups excluding carboxylic acids is 4. The van der Waals surface area contributed by atoms with Crippen molar-refractivity contribution in [2.24, 2.45) is 5.92 Å². The Labute approximate surface area is 205 Å². The van der Waals surface area contributed by atoms with Gasteiger partial charge in [0.05, 0.1) is 0 Å². The van der Waals surface area contributed by atoms with Gasteiger partial charge in [0.2, 0.25) is 23.6 Å². The zero-order valence-corrected chi connectivity index (χ0v) is 21.5. The summed E-state index contributed by atoms with van der Waals surface area (Å²) in [5, 5.41) is 8.54. The third kappa shape index (κ3) is 9.26. The predicted molar refractivity (Wildman–Crippen MR) is 133 cm³/mol. The first-order valence-electron chi connectivity index (χ1n) is 13.5. The summed E-state index contributed by atoms with van der Waals surface area (Å²) in [7, 11) is 0. The van der Waals surface area contributed by atoms with Gasteiger partial charge in [-0.2, -0.15) is 0 Å². The lowest BCUT2D eigenvalue weighted by Crippen LogP contribution is -2.56. The summed E-state index contributed by atoms with van der Waals surface area (Å²) in [6.45, 7) is 7.39. The third-order valence-corrected chi connectivity index (χ3v) is 6.80. The molecule has 2 heterocycles. The summed E-state index contributed by atoms with van der Waals surface area (Å²) in [5.74, 6) is -0.550. The van der Waals surface area contributed by atoms with Crippen molar-refractivity contribution in [2.45, 2.75) is 122 Å². The second-order valence-electron chi connectivity index (χ2n) is 10.3. The number of amides is 4. The Morgan fingerprint density at radius 1 is 1.00 bits per heavy atom. The highest BCUT2D eigenvalue weighted by Crippen LogP contribution is 2.21. The predicted octanol–water partition coefficient (Wildman–Crippen LogP) is 3.04. The third-order valence-electron chi connectivity index (χ3n) is 6.80. The standard InChI is InChI=1S/C26H46N4O4/c1-4-5-6-7-8-9-10-11-16-27-25(33)22-13-12-17-30(22)26(34)21(18-19(2)3)29-24(32)20-14-15-23(31)28-20/h19-22H,4-18H2,1-3H3,(H,27,33)(H,28,31)(H,29,32)/t20-,21-,22-/m1/s1. The maximum atomic E-state index is 13.4. The van der Waals surface area contributed by atoms with Gasteiger partial charge in [-0.15, -0.1) is 0 Å². The summed E-state index contributed by atoms with van der Waals surface area (Å²) >= 11 is 0. The molecule has 0 aromatic carbocycles. The summed E-state index contributed by atoms with van der Waals surface area (Å²) in [6, 6.07) is -1.75. The van der Waals surface area contributed by atoms with Crippen molar-refractivity contribution in [1.29, 1.82) is 0 Å². The van der Waals surface area contributed by atoms with Gasteiger partial charge in [0.25, 0.3) is 0 Å². The van der Waals surface area contributed by atoms with E-state index in [2.05, 4.69) is 22.9 Å². The molecule has 2 aliphatic rings. The van der Waals surface area contributed by atoms with Crippen LogP contribution in [-0.2, 0) is 19.2 Å². The van der Waals surface area contributed by atoms with Gasteiger partial charge in [-0.3, -0.25) is 19.2 Å². The van der Waals surface area contributed by atoms with E-state index >= 15 is 0 Å². The van der Waals surface area contributed by atoms with Crippen LogP contribution in [0.15, 0.2) is 0 Å². The highest BCUT2D eigenvalue weighted by atomic mass is 16.2. The smallest absolute Gasteiger partial charge is 0.245 e. The van der Waals surface area contributed by atoms with Crippen molar-refractivity contribution in [3.63, 3.8) is 0 Å². The van der Waals surface area contributed by atoms with E-state index < -0.39 is 18.1 Å². The molecule has 0 unspecified atom stereocenters. The van der Waals surface area contributed by atoms with Gasteiger partial charge in [0, 0.05) is 19.5 Å². The number of nitrogens with one attached hydrogen (secondary N) is 3. The van der Waals surface area contributed by atoms with E-state index in [1.165, 1.54) is 38.5 Å². The molecule has 2 saturated heterocycles. The molecule has 0 aliphatic carbocycles. The van der Waals surface area contributed by atoms with Crippen molar-refractivity contribution in [2.75, 3.05) is 13.1 Å². The van der Waals surface area contributed by atoms with E-state index in [0.29, 0.717) is 38.8 Å². The summed E-state index contributed by atoms with van der Waals surface area (Å²) < 4.78 is 0. The molecular formula is C26H46N4O4. The number of carbonyl (C=O) groups is 4. The second kappa shape index (κ2) is 15.0. The lowest BCUT2D eigenvalue weighted by molar-refractivity contribution is -0.142. The molecule has 0 bridgehead atoms. The van der Waals surface area contributed by atoms with Gasteiger partial charge in [-0.1, -0.05) is 65.7 Å². The number of hydrogen-bond acceptors (Lipinski definition) is 4. The first-order valence-corrected chi connectivity index (χ1v) is 13.5. The van der Waals surface area contributed by atoms with Crippen LogP contribution in [0.4, 0.5) is 0 Å². The SMILES string of the molecule is CCCCCCCCCCNC(=O)[C@H]1CCCN1C(=O)[C@@H](CC(C)C)NC(=O)[C@H]1CCC(=O)N1. The van der Waals surface area contributed by atoms with Gasteiger partial charge in [0.1, 0.15) is 18.1 Å². The maximum absolute atomic E-state index is 13.4. The fourth-order valence-electron chi connectivity index (χ4n) is 4.87. The Bertz CT molecular complexity index is 682. The Balaban J connectivity index is 1.81. The van der Waals surface area contributed by atoms with E-state index in [1.54, 1.807) is 4.90 Å². The fourth-order valence-corrected chi connectivity index (χ4v) is 4.87. The summed E-state index contributed by atoms with van der Waals surface area (Å²) in [6.07, 6.45) is 12.4. The minimum absolute atomic E-state index is 0.0912. The molecule has 34 heavy (non-hydrogen) atoms. The second-order valence-corrected chi connectivity index (χ2v) is 10.3. The van der Waals surface area contributed by atoms with Gasteiger partial charge >= 0.3 is 0 Å². The molecule has 0 radical (unpaired) electrons. The number of nitrogens with zero attached hydrogens (tertiary/aromatic N) is 1. The number of hydrogen-bond donors (Lipinski definition) is 3. The van der Waals surface area contributed by atoms with Crippen molar-refractivity contribution < 1.29 is 19.2 Å². The highest BCUT2D eigenvalue weighted by Gasteiger charge is 2.38. The average molecular weight is 479 g/mol. The van der Waals surface area contributed by atoms with Crippen LogP contribution in [0.5, 0.6) is 0 Å². The van der Waals surface area contributed by atoms with E-state index in [1.807, 2.05) is 13.8 Å². The topological polar surface area (TPSA) is 108 Å². The van der Waals surface area contributed by atoms with E-state index in [4.69, 9.17) is 0 Å². The van der Waals surface area contributed by atoms with Crippen LogP contribution in [-0.4, -0.2) is 59.7 Å². The zero-order valence-electron chi connectivity index (χ0n) is 21.5. The van der Waals surface area contributed by atoms with E-state index in [0.717, 1.165) is 19.3 Å². The van der Waals surface area contributed by atoms with Crippen LogP contribution in [0.2, 0.25) is 0 Å². The molecular weight excluding hydrogens is 432 g/mol. The summed E-state index contributed by atoms with van der Waals surface area (Å²) in [4.78, 5) is 52.0. The highest BCUT2D eigenvalue weighted by molar-refractivity contribution is 5.95. The van der Waals surface area contributed by atoms with Crippen LogP contribution >= 0.6 is 0 Å². The van der Waals surface area contributed by atoms with E-state index in [9.17, 15) is 19.2 Å². The Hall–Kier alpha value is -2.12. The molecule has 8 nitrogen and oxygen atoms in total. The van der Waals surface area contributed by atoms with Crippen LogP contribution in [0.3, 0.4) is 0 Å². The van der Waals surface area contributed by atoms with Crippen molar-refractivity contribution in [1.82, 2.24) is 20.9 Å². The first kappa shape index (κ1) is 28.1. The average Bonchev–Trinajstić information content (AvgIpc) is 3.46. The van der Waals surface area contributed by atoms with Gasteiger partial charge in [-0.05, 0) is 38.0 Å². The number of rotatable bonds is 15. The molecule has 3 atom stereocenters. The van der Waals surface area contributed by atoms with Crippen LogP contribution in [0, 0.1) is 5.92 Å². The lowest BCUT2D eigenvalue weighted by Gasteiger charge is -2.30. The minimum Gasteiger partial charge on any atom is -0.354 e. The molecule has 3 N–H and O–H groups in total. The van der Waals surface area contributed by atoms with Gasteiger partial charge in [-0.25, -0.2) is 0 Å². The molecule has 8 heteroatoms. The fraction of sp³-hybridized carbons (Fsp3) is 0.846. The molecule has 2 aliphatic heterocycles. The molecule has 0 aromatic heterocycles. The Morgan fingerprint density at radius 2 is 1.68 bits per heavy atom. The van der Waals surface area contributed by atoms with Crippen LogP contribution in [0.1, 0.15) is 104 Å². The maximum Gasteiger partial charge on any atom is 0.245 e. The summed E-state index contributed by atoms with van der Waals surface area (Å²) in [5.41, 5.74) is 0. The van der Waals surface area contributed by atoms with Crippen molar-refractivity contribution >= 4 is 23.6 Å². The van der Waals surface area contributed by atoms with Crippen LogP contribution in [0.25, 0.3) is 0 Å². The molecule has 194 valence electrons. The molecule has 2 fully saturated rings. The minimum atomic E-state index is -0.689. The molecule has 4 amide bonds. The Kier molecular flexibility index (Phi) is 12.4. The lowest BCUT2D eigenvalue weighted by atomic mass is 10.0. The molecule has 0 aromatic rings. The van der Waals surface area contributed by atoms with Gasteiger partial charge in [0.15, 0.2) is 0 Å². The monoisotopic (exact) mass is 478 g/mol. The van der Waals surface area contributed by atoms with Gasteiger partial charge < -0.3 is 20.9 Å². The Morgan fingerprint density at radius 3 is 2.29 bits per heavy atom. The number of likely N-dealkylation sites (tertiary alicyclic amines) is 1. The molecule has 0 spiro atoms. The normalized spacial score (nSPS) is 20.9. The quantitative estimate of drug-likeness (QED) is 0.314. The van der Waals surface area contributed by atoms with Crippen LogP contribution < -0.4 is 16.0 Å². The molecule has 0 saturated carbocycles. The van der Waals surface area contributed by atoms with E-state index in [-0.39, 0.29) is 29.5 Å². The zero-order chi connectivity index (χ0) is 24.9. The van der Waals surface area contributed by atoms with Crippen molar-refractivity contribution in [3.05, 3.63) is 0 Å². The molecule has 2 rings (SSSR count). The number of unbranched alkanes of at least 4 members (excludes halogenated alkanes) is 7. The first-order chi connectivity index (χ1) is 16.3.